The maximum Gasteiger partial charge on any atom is 0.244 e. The summed E-state index contributed by atoms with van der Waals surface area (Å²) in [5, 5.41) is 3.45. The molecular weight excluding hydrogens is 347 g/mol. The van der Waals surface area contributed by atoms with Crippen molar-refractivity contribution in [3.05, 3.63) is 28.2 Å². The minimum Gasteiger partial charge on any atom is -0.336 e. The monoisotopic (exact) mass is 368 g/mol. The van der Waals surface area contributed by atoms with E-state index in [1.807, 2.05) is 0 Å². The average molecular weight is 369 g/mol. The fourth-order valence-electron chi connectivity index (χ4n) is 4.11. The van der Waals surface area contributed by atoms with Crippen molar-refractivity contribution in [1.29, 1.82) is 0 Å². The third-order valence-corrected chi connectivity index (χ3v) is 5.99. The van der Waals surface area contributed by atoms with Crippen molar-refractivity contribution >= 4 is 40.7 Å². The van der Waals surface area contributed by atoms with Gasteiger partial charge in [0.25, 0.3) is 0 Å². The van der Waals surface area contributed by atoms with Gasteiger partial charge in [0, 0.05) is 13.5 Å². The van der Waals surface area contributed by atoms with E-state index in [0.29, 0.717) is 34.0 Å². The van der Waals surface area contributed by atoms with E-state index >= 15 is 0 Å². The normalized spacial score (nSPS) is 24.9. The van der Waals surface area contributed by atoms with Crippen molar-refractivity contribution in [1.82, 2.24) is 4.90 Å². The van der Waals surface area contributed by atoms with Crippen LogP contribution < -0.4 is 5.32 Å². The second kappa shape index (κ2) is 7.32. The molecule has 0 spiro atoms. The molecule has 0 radical (unpaired) electrons. The lowest BCUT2D eigenvalue weighted by Gasteiger charge is -2.24. The van der Waals surface area contributed by atoms with Gasteiger partial charge in [0.05, 0.1) is 22.3 Å². The Morgan fingerprint density at radius 2 is 1.92 bits per heavy atom. The van der Waals surface area contributed by atoms with Crippen LogP contribution in [0.5, 0.6) is 0 Å². The molecule has 3 atom stereocenters. The second-order valence-corrected chi connectivity index (χ2v) is 7.85. The first-order chi connectivity index (χ1) is 11.4. The largest absolute Gasteiger partial charge is 0.336 e. The smallest absolute Gasteiger partial charge is 0.244 e. The Bertz CT molecular complexity index is 630. The van der Waals surface area contributed by atoms with Gasteiger partial charge < -0.3 is 10.2 Å². The number of halogens is 2. The number of nitrogens with zero attached hydrogens (tertiary/aromatic N) is 1. The number of carbonyl (C=O) groups excluding carboxylic acids is 2. The molecule has 2 aliphatic carbocycles. The molecular formula is C18H22Cl2N2O2. The van der Waals surface area contributed by atoms with E-state index in [4.69, 9.17) is 23.2 Å². The number of likely N-dealkylation sites (N-methyl/N-ethyl adjacent to an activating group) is 1. The lowest BCUT2D eigenvalue weighted by Crippen LogP contribution is -2.36. The molecule has 0 saturated heterocycles. The van der Waals surface area contributed by atoms with Gasteiger partial charge in [-0.15, -0.1) is 0 Å². The van der Waals surface area contributed by atoms with Crippen molar-refractivity contribution in [2.24, 2.45) is 17.8 Å². The van der Waals surface area contributed by atoms with E-state index in [-0.39, 0.29) is 18.4 Å². The number of hydrogen-bond acceptors (Lipinski definition) is 2. The number of hydrogen-bond donors (Lipinski definition) is 1. The molecule has 3 rings (SSSR count). The number of amides is 2. The molecule has 2 bridgehead atoms. The number of fused-ring (bicyclic) bond motifs is 2. The Balaban J connectivity index is 1.51. The van der Waals surface area contributed by atoms with E-state index < -0.39 is 0 Å². The van der Waals surface area contributed by atoms with Crippen LogP contribution in [0.4, 0.5) is 5.69 Å². The highest BCUT2D eigenvalue weighted by Gasteiger charge is 2.40. The van der Waals surface area contributed by atoms with Crippen LogP contribution in [0.25, 0.3) is 0 Å². The quantitative estimate of drug-likeness (QED) is 0.845. The Morgan fingerprint density at radius 1 is 1.21 bits per heavy atom. The average Bonchev–Trinajstić information content (AvgIpc) is 3.13. The molecule has 1 aromatic rings. The van der Waals surface area contributed by atoms with E-state index in [9.17, 15) is 9.59 Å². The number of anilines is 1. The van der Waals surface area contributed by atoms with Crippen molar-refractivity contribution in [3.8, 4) is 0 Å². The summed E-state index contributed by atoms with van der Waals surface area (Å²) >= 11 is 12.1. The highest BCUT2D eigenvalue weighted by atomic mass is 35.5. The fourth-order valence-corrected chi connectivity index (χ4v) is 4.60. The fraction of sp³-hybridized carbons (Fsp3) is 0.556. The van der Waals surface area contributed by atoms with Crippen LogP contribution in [0, 0.1) is 17.8 Å². The van der Waals surface area contributed by atoms with Crippen LogP contribution in [0.2, 0.25) is 10.0 Å². The first-order valence-corrected chi connectivity index (χ1v) is 9.17. The lowest BCUT2D eigenvalue weighted by molar-refractivity contribution is -0.134. The minimum absolute atomic E-state index is 0.00119. The Morgan fingerprint density at radius 3 is 2.50 bits per heavy atom. The first kappa shape index (κ1) is 17.6. The van der Waals surface area contributed by atoms with Crippen molar-refractivity contribution in [2.75, 3.05) is 18.9 Å². The molecule has 2 saturated carbocycles. The highest BCUT2D eigenvalue weighted by Crippen LogP contribution is 2.49. The molecule has 0 aromatic heterocycles. The summed E-state index contributed by atoms with van der Waals surface area (Å²) in [5.74, 6) is 1.77. The maximum absolute atomic E-state index is 12.4. The van der Waals surface area contributed by atoms with Gasteiger partial charge in [-0.05, 0) is 49.1 Å². The molecule has 3 unspecified atom stereocenters. The number of nitrogens with one attached hydrogen (secondary N) is 1. The number of rotatable bonds is 5. The summed E-state index contributed by atoms with van der Waals surface area (Å²) in [7, 11) is 1.67. The zero-order valence-electron chi connectivity index (χ0n) is 13.7. The van der Waals surface area contributed by atoms with E-state index in [2.05, 4.69) is 5.32 Å². The van der Waals surface area contributed by atoms with Crippen LogP contribution >= 0.6 is 23.2 Å². The van der Waals surface area contributed by atoms with E-state index in [1.54, 1.807) is 25.2 Å². The van der Waals surface area contributed by atoms with Gasteiger partial charge in [-0.1, -0.05) is 35.7 Å². The van der Waals surface area contributed by atoms with Gasteiger partial charge in [-0.2, -0.15) is 0 Å². The molecule has 2 amide bonds. The zero-order valence-corrected chi connectivity index (χ0v) is 15.2. The summed E-state index contributed by atoms with van der Waals surface area (Å²) in [5.41, 5.74) is 0.389. The van der Waals surface area contributed by atoms with Gasteiger partial charge in [0.2, 0.25) is 11.8 Å². The summed E-state index contributed by atoms with van der Waals surface area (Å²) in [6, 6.07) is 5.03. The van der Waals surface area contributed by atoms with Crippen LogP contribution in [0.1, 0.15) is 32.1 Å². The van der Waals surface area contributed by atoms with Gasteiger partial charge in [-0.25, -0.2) is 0 Å². The molecule has 4 nitrogen and oxygen atoms in total. The standard InChI is InChI=1S/C18H22Cl2N2O2/c1-22(17(24)9-13-8-11-5-6-12(13)7-11)10-16(23)21-18-14(19)3-2-4-15(18)20/h2-4,11-13H,5-10H2,1H3,(H,21,23). The Hall–Kier alpha value is -1.26. The summed E-state index contributed by atoms with van der Waals surface area (Å²) < 4.78 is 0. The third kappa shape index (κ3) is 3.86. The molecule has 130 valence electrons. The van der Waals surface area contributed by atoms with Gasteiger partial charge in [0.1, 0.15) is 0 Å². The molecule has 24 heavy (non-hydrogen) atoms. The van der Waals surface area contributed by atoms with E-state index in [0.717, 1.165) is 5.92 Å². The van der Waals surface area contributed by atoms with Crippen LogP contribution in [-0.2, 0) is 9.59 Å². The number of carbonyl (C=O) groups is 2. The summed E-state index contributed by atoms with van der Waals surface area (Å²) in [6.07, 6.45) is 5.60. The predicted octanol–water partition coefficient (Wildman–Crippen LogP) is 4.22. The van der Waals surface area contributed by atoms with Gasteiger partial charge in [-0.3, -0.25) is 9.59 Å². The Labute approximate surface area is 152 Å². The topological polar surface area (TPSA) is 49.4 Å². The minimum atomic E-state index is -0.297. The molecule has 0 heterocycles. The van der Waals surface area contributed by atoms with Crippen molar-refractivity contribution in [2.45, 2.75) is 32.1 Å². The SMILES string of the molecule is CN(CC(=O)Nc1c(Cl)cccc1Cl)C(=O)CC1CC2CCC1C2. The van der Waals surface area contributed by atoms with Crippen LogP contribution in [0.15, 0.2) is 18.2 Å². The molecule has 6 heteroatoms. The molecule has 2 aliphatic rings. The molecule has 1 aromatic carbocycles. The van der Waals surface area contributed by atoms with Crippen LogP contribution in [-0.4, -0.2) is 30.3 Å². The van der Waals surface area contributed by atoms with Gasteiger partial charge in [0.15, 0.2) is 0 Å². The lowest BCUT2D eigenvalue weighted by atomic mass is 9.86. The van der Waals surface area contributed by atoms with Crippen molar-refractivity contribution < 1.29 is 9.59 Å². The summed E-state index contributed by atoms with van der Waals surface area (Å²) in [4.78, 5) is 26.1. The molecule has 1 N–H and O–H groups in total. The van der Waals surface area contributed by atoms with E-state index in [1.165, 1.54) is 30.6 Å². The van der Waals surface area contributed by atoms with Crippen molar-refractivity contribution in [3.63, 3.8) is 0 Å². The van der Waals surface area contributed by atoms with Crippen LogP contribution in [0.3, 0.4) is 0 Å². The molecule has 0 aliphatic heterocycles. The summed E-state index contributed by atoms with van der Waals surface area (Å²) in [6.45, 7) is 0.00119. The third-order valence-electron chi connectivity index (χ3n) is 5.36. The highest BCUT2D eigenvalue weighted by molar-refractivity contribution is 6.39. The number of para-hydroxylation sites is 1. The first-order valence-electron chi connectivity index (χ1n) is 8.42. The number of benzene rings is 1. The Kier molecular flexibility index (Phi) is 5.36. The molecule has 2 fully saturated rings. The zero-order chi connectivity index (χ0) is 17.3. The van der Waals surface area contributed by atoms with Gasteiger partial charge >= 0.3 is 0 Å². The second-order valence-electron chi connectivity index (χ2n) is 7.03. The maximum atomic E-state index is 12.4. The predicted molar refractivity (Wildman–Crippen MR) is 96.3 cm³/mol.